The molecule has 1 fully saturated rings. The van der Waals surface area contributed by atoms with Crippen LogP contribution in [0.4, 0.5) is 4.79 Å². The minimum atomic E-state index is -0.538. The van der Waals surface area contributed by atoms with Crippen LogP contribution < -0.4 is 0 Å². The highest BCUT2D eigenvalue weighted by Gasteiger charge is 2.35. The van der Waals surface area contributed by atoms with E-state index in [1.165, 1.54) is 4.90 Å². The van der Waals surface area contributed by atoms with Crippen LogP contribution in [0.25, 0.3) is 0 Å². The van der Waals surface area contributed by atoms with Crippen molar-refractivity contribution >= 4 is 6.09 Å². The van der Waals surface area contributed by atoms with Gasteiger partial charge in [-0.25, -0.2) is 4.79 Å². The Morgan fingerprint density at radius 3 is 2.69 bits per heavy atom. The summed E-state index contributed by atoms with van der Waals surface area (Å²) in [7, 11) is 0. The van der Waals surface area contributed by atoms with Crippen LogP contribution in [0.5, 0.6) is 0 Å². The minimum absolute atomic E-state index is 0.0301. The normalized spacial score (nSPS) is 25.3. The molecular weight excluding hydrogens is 206 g/mol. The van der Waals surface area contributed by atoms with E-state index in [4.69, 9.17) is 11.2 Å². The van der Waals surface area contributed by atoms with Crippen molar-refractivity contribution in [2.75, 3.05) is 13.1 Å². The average molecular weight is 225 g/mol. The minimum Gasteiger partial charge on any atom is -0.444 e. The van der Waals surface area contributed by atoms with Gasteiger partial charge in [-0.05, 0) is 20.8 Å². The number of ether oxygens (including phenoxy) is 1. The number of carbonyl (C=O) groups is 1. The Morgan fingerprint density at radius 2 is 2.19 bits per heavy atom. The van der Waals surface area contributed by atoms with E-state index in [-0.39, 0.29) is 12.0 Å². The first-order valence-electron chi connectivity index (χ1n) is 5.43. The first-order valence-corrected chi connectivity index (χ1v) is 5.43. The fourth-order valence-electron chi connectivity index (χ4n) is 1.68. The number of hydrogen-bond acceptors (Lipinski definition) is 3. The number of aliphatic hydroxyl groups excluding tert-OH is 1. The van der Waals surface area contributed by atoms with E-state index < -0.39 is 11.7 Å². The van der Waals surface area contributed by atoms with Gasteiger partial charge in [-0.15, -0.1) is 12.3 Å². The van der Waals surface area contributed by atoms with E-state index >= 15 is 0 Å². The quantitative estimate of drug-likeness (QED) is 0.683. The maximum absolute atomic E-state index is 11.7. The van der Waals surface area contributed by atoms with Gasteiger partial charge in [0.25, 0.3) is 0 Å². The second-order valence-corrected chi connectivity index (χ2v) is 5.12. The number of terminal acetylenes is 1. The zero-order valence-corrected chi connectivity index (χ0v) is 10.1. The highest BCUT2D eigenvalue weighted by molar-refractivity contribution is 5.68. The monoisotopic (exact) mass is 225 g/mol. The molecule has 1 saturated heterocycles. The average Bonchev–Trinajstić information content (AvgIpc) is 2.46. The molecule has 0 bridgehead atoms. The summed E-state index contributed by atoms with van der Waals surface area (Å²) >= 11 is 0. The molecule has 1 N–H and O–H groups in total. The SMILES string of the molecule is C#CCC1CN(C(=O)OC(C)(C)C)CC1O. The third-order valence-electron chi connectivity index (χ3n) is 2.44. The lowest BCUT2D eigenvalue weighted by Crippen LogP contribution is -2.35. The molecule has 4 nitrogen and oxygen atoms in total. The summed E-state index contributed by atoms with van der Waals surface area (Å²) in [4.78, 5) is 13.2. The van der Waals surface area contributed by atoms with Gasteiger partial charge in [0, 0.05) is 18.9 Å². The number of rotatable bonds is 1. The Morgan fingerprint density at radius 1 is 1.56 bits per heavy atom. The van der Waals surface area contributed by atoms with Gasteiger partial charge in [0.2, 0.25) is 0 Å². The van der Waals surface area contributed by atoms with Gasteiger partial charge < -0.3 is 14.7 Å². The van der Waals surface area contributed by atoms with Gasteiger partial charge in [-0.3, -0.25) is 0 Å². The van der Waals surface area contributed by atoms with Gasteiger partial charge >= 0.3 is 6.09 Å². The molecule has 0 spiro atoms. The number of hydrogen-bond donors (Lipinski definition) is 1. The molecule has 2 unspecified atom stereocenters. The Bertz CT molecular complexity index is 300. The first-order chi connectivity index (χ1) is 7.33. The van der Waals surface area contributed by atoms with E-state index in [0.29, 0.717) is 19.5 Å². The molecule has 0 aromatic rings. The molecule has 0 radical (unpaired) electrons. The summed E-state index contributed by atoms with van der Waals surface area (Å²) < 4.78 is 5.22. The molecule has 1 amide bonds. The zero-order valence-electron chi connectivity index (χ0n) is 10.1. The third kappa shape index (κ3) is 3.42. The molecule has 16 heavy (non-hydrogen) atoms. The number of carbonyl (C=O) groups excluding carboxylic acids is 1. The van der Waals surface area contributed by atoms with Crippen LogP contribution in [0.3, 0.4) is 0 Å². The largest absolute Gasteiger partial charge is 0.444 e. The van der Waals surface area contributed by atoms with Crippen molar-refractivity contribution in [1.82, 2.24) is 4.90 Å². The van der Waals surface area contributed by atoms with Crippen molar-refractivity contribution in [2.45, 2.75) is 38.9 Å². The molecule has 0 aromatic carbocycles. The van der Waals surface area contributed by atoms with Crippen LogP contribution in [0.2, 0.25) is 0 Å². The molecule has 4 heteroatoms. The lowest BCUT2D eigenvalue weighted by atomic mass is 10.0. The highest BCUT2D eigenvalue weighted by atomic mass is 16.6. The summed E-state index contributed by atoms with van der Waals surface area (Å²) in [6.07, 6.45) is 4.76. The number of nitrogens with zero attached hydrogens (tertiary/aromatic N) is 1. The molecule has 1 aliphatic heterocycles. The van der Waals surface area contributed by atoms with Crippen molar-refractivity contribution < 1.29 is 14.6 Å². The molecule has 2 atom stereocenters. The predicted molar refractivity (Wildman–Crippen MR) is 60.8 cm³/mol. The smallest absolute Gasteiger partial charge is 0.410 e. The van der Waals surface area contributed by atoms with Crippen LogP contribution >= 0.6 is 0 Å². The van der Waals surface area contributed by atoms with E-state index in [1.54, 1.807) is 0 Å². The van der Waals surface area contributed by atoms with Gasteiger partial charge in [0.05, 0.1) is 12.6 Å². The molecule has 0 saturated carbocycles. The zero-order chi connectivity index (χ0) is 12.3. The molecule has 1 aliphatic rings. The molecular formula is C12H19NO3. The van der Waals surface area contributed by atoms with Crippen molar-refractivity contribution in [1.29, 1.82) is 0 Å². The summed E-state index contributed by atoms with van der Waals surface area (Å²) in [5, 5.41) is 9.69. The number of likely N-dealkylation sites (tertiary alicyclic amines) is 1. The Balaban J connectivity index is 2.52. The maximum atomic E-state index is 11.7. The molecule has 0 aliphatic carbocycles. The van der Waals surface area contributed by atoms with Crippen LogP contribution in [0.1, 0.15) is 27.2 Å². The van der Waals surface area contributed by atoms with E-state index in [9.17, 15) is 9.90 Å². The predicted octanol–water partition coefficient (Wildman–Crippen LogP) is 1.24. The fraction of sp³-hybridized carbons (Fsp3) is 0.750. The maximum Gasteiger partial charge on any atom is 0.410 e. The van der Waals surface area contributed by atoms with Gasteiger partial charge in [-0.2, -0.15) is 0 Å². The van der Waals surface area contributed by atoms with Crippen LogP contribution in [0.15, 0.2) is 0 Å². The van der Waals surface area contributed by atoms with Crippen LogP contribution in [0, 0.1) is 18.3 Å². The third-order valence-corrected chi connectivity index (χ3v) is 2.44. The van der Waals surface area contributed by atoms with Crippen molar-refractivity contribution in [3.63, 3.8) is 0 Å². The van der Waals surface area contributed by atoms with Crippen molar-refractivity contribution in [3.8, 4) is 12.3 Å². The topological polar surface area (TPSA) is 49.8 Å². The Hall–Kier alpha value is -1.21. The number of amides is 1. The second kappa shape index (κ2) is 4.75. The van der Waals surface area contributed by atoms with Gasteiger partial charge in [0.15, 0.2) is 0 Å². The second-order valence-electron chi connectivity index (χ2n) is 5.12. The van der Waals surface area contributed by atoms with Gasteiger partial charge in [0.1, 0.15) is 5.60 Å². The molecule has 1 heterocycles. The van der Waals surface area contributed by atoms with E-state index in [1.807, 2.05) is 20.8 Å². The Kier molecular flexibility index (Phi) is 3.82. The fourth-order valence-corrected chi connectivity index (χ4v) is 1.68. The van der Waals surface area contributed by atoms with Crippen molar-refractivity contribution in [2.24, 2.45) is 5.92 Å². The number of aliphatic hydroxyl groups is 1. The Labute approximate surface area is 96.6 Å². The molecule has 1 rings (SSSR count). The first kappa shape index (κ1) is 12.9. The van der Waals surface area contributed by atoms with Gasteiger partial charge in [-0.1, -0.05) is 0 Å². The molecule has 90 valence electrons. The summed E-state index contributed by atoms with van der Waals surface area (Å²) in [6.45, 7) is 6.23. The van der Waals surface area contributed by atoms with Crippen molar-refractivity contribution in [3.05, 3.63) is 0 Å². The number of β-amino-alcohol motifs (C(OH)–C–C–N with tert-alkyl or cyclic N) is 1. The van der Waals surface area contributed by atoms with E-state index in [0.717, 1.165) is 0 Å². The molecule has 0 aromatic heterocycles. The highest BCUT2D eigenvalue weighted by Crippen LogP contribution is 2.22. The van der Waals surface area contributed by atoms with E-state index in [2.05, 4.69) is 5.92 Å². The summed E-state index contributed by atoms with van der Waals surface area (Å²) in [5.74, 6) is 2.48. The lowest BCUT2D eigenvalue weighted by Gasteiger charge is -2.24. The van der Waals surface area contributed by atoms with Crippen LogP contribution in [-0.2, 0) is 4.74 Å². The summed E-state index contributed by atoms with van der Waals surface area (Å²) in [5.41, 5.74) is -0.508. The summed E-state index contributed by atoms with van der Waals surface area (Å²) in [6, 6.07) is 0. The van der Waals surface area contributed by atoms with Crippen LogP contribution in [-0.4, -0.2) is 40.9 Å². The standard InChI is InChI=1S/C12H19NO3/c1-5-6-9-7-13(8-10(9)14)11(15)16-12(2,3)4/h1,9-10,14H,6-8H2,2-4H3. The lowest BCUT2D eigenvalue weighted by molar-refractivity contribution is 0.0270.